The first-order chi connectivity index (χ1) is 10.1. The third-order valence-corrected chi connectivity index (χ3v) is 3.87. The molecular formula is C15H23N5O. The molecule has 0 saturated carbocycles. The van der Waals surface area contributed by atoms with Gasteiger partial charge in [-0.3, -0.25) is 4.90 Å². The normalized spacial score (nSPS) is 15.6. The van der Waals surface area contributed by atoms with Crippen LogP contribution < -0.4 is 5.32 Å². The fraction of sp³-hybridized carbons (Fsp3) is 0.600. The first-order valence-electron chi connectivity index (χ1n) is 7.52. The second kappa shape index (κ2) is 5.99. The summed E-state index contributed by atoms with van der Waals surface area (Å²) in [6.45, 7) is 10.8. The van der Waals surface area contributed by atoms with Gasteiger partial charge in [0, 0.05) is 31.2 Å². The number of aryl methyl sites for hydroxylation is 1. The van der Waals surface area contributed by atoms with Gasteiger partial charge < -0.3 is 14.3 Å². The number of nitrogens with zero attached hydrogens (tertiary/aromatic N) is 4. The molecule has 6 nitrogen and oxygen atoms in total. The van der Waals surface area contributed by atoms with E-state index < -0.39 is 0 Å². The number of nitrogens with one attached hydrogen (secondary N) is 1. The molecule has 2 aromatic rings. The molecule has 3 heterocycles. The van der Waals surface area contributed by atoms with Gasteiger partial charge in [0.15, 0.2) is 0 Å². The Balaban J connectivity index is 1.63. The van der Waals surface area contributed by atoms with Gasteiger partial charge >= 0.3 is 0 Å². The summed E-state index contributed by atoms with van der Waals surface area (Å²) >= 11 is 0. The zero-order chi connectivity index (χ0) is 14.8. The average molecular weight is 289 g/mol. The van der Waals surface area contributed by atoms with Crippen LogP contribution >= 0.6 is 0 Å². The predicted octanol–water partition coefficient (Wildman–Crippen LogP) is 1.69. The van der Waals surface area contributed by atoms with Crippen molar-refractivity contribution in [1.82, 2.24) is 25.0 Å². The van der Waals surface area contributed by atoms with Crippen LogP contribution in [0.5, 0.6) is 0 Å². The van der Waals surface area contributed by atoms with Crippen molar-refractivity contribution in [2.24, 2.45) is 0 Å². The molecule has 0 saturated heterocycles. The molecular weight excluding hydrogens is 266 g/mol. The Morgan fingerprint density at radius 2 is 2.24 bits per heavy atom. The van der Waals surface area contributed by atoms with E-state index in [0.29, 0.717) is 6.04 Å². The van der Waals surface area contributed by atoms with Crippen molar-refractivity contribution >= 4 is 0 Å². The van der Waals surface area contributed by atoms with Crippen LogP contribution in [0.3, 0.4) is 0 Å². The van der Waals surface area contributed by atoms with E-state index >= 15 is 0 Å². The van der Waals surface area contributed by atoms with E-state index in [0.717, 1.165) is 50.1 Å². The van der Waals surface area contributed by atoms with E-state index in [-0.39, 0.29) is 0 Å². The second-order valence-electron chi connectivity index (χ2n) is 5.98. The van der Waals surface area contributed by atoms with Gasteiger partial charge in [0.2, 0.25) is 0 Å². The van der Waals surface area contributed by atoms with Crippen molar-refractivity contribution < 1.29 is 4.42 Å². The van der Waals surface area contributed by atoms with Crippen molar-refractivity contribution in [1.29, 1.82) is 0 Å². The minimum absolute atomic E-state index is 0.465. The standard InChI is InChI=1S/C15H23N5O/c1-11(2)16-7-14-6-13(12(3)21-14)8-19-4-5-20-10-17-18-15(20)9-19/h6,10-11,16H,4-5,7-9H2,1-3H3. The molecule has 0 fully saturated rings. The lowest BCUT2D eigenvalue weighted by Gasteiger charge is -2.26. The van der Waals surface area contributed by atoms with E-state index in [9.17, 15) is 0 Å². The lowest BCUT2D eigenvalue weighted by molar-refractivity contribution is 0.207. The Bertz CT molecular complexity index is 601. The quantitative estimate of drug-likeness (QED) is 0.908. The lowest BCUT2D eigenvalue weighted by atomic mass is 10.2. The van der Waals surface area contributed by atoms with Crippen LogP contribution in [0.4, 0.5) is 0 Å². The number of hydrogen-bond donors (Lipinski definition) is 1. The molecule has 0 radical (unpaired) electrons. The molecule has 1 N–H and O–H groups in total. The summed E-state index contributed by atoms with van der Waals surface area (Å²) in [5.41, 5.74) is 1.27. The fourth-order valence-electron chi connectivity index (χ4n) is 2.63. The summed E-state index contributed by atoms with van der Waals surface area (Å²) < 4.78 is 7.96. The average Bonchev–Trinajstić information content (AvgIpc) is 3.03. The summed E-state index contributed by atoms with van der Waals surface area (Å²) in [7, 11) is 0. The van der Waals surface area contributed by atoms with Crippen LogP contribution in [0.25, 0.3) is 0 Å². The van der Waals surface area contributed by atoms with Gasteiger partial charge in [-0.2, -0.15) is 0 Å². The van der Waals surface area contributed by atoms with Crippen LogP contribution in [0.15, 0.2) is 16.8 Å². The van der Waals surface area contributed by atoms with E-state index in [1.54, 1.807) is 0 Å². The molecule has 1 aliphatic rings. The zero-order valence-corrected chi connectivity index (χ0v) is 13.0. The van der Waals surface area contributed by atoms with E-state index in [1.165, 1.54) is 5.56 Å². The van der Waals surface area contributed by atoms with Gasteiger partial charge in [-0.15, -0.1) is 10.2 Å². The van der Waals surface area contributed by atoms with Crippen LogP contribution in [-0.2, 0) is 26.2 Å². The number of furan rings is 1. The first-order valence-corrected chi connectivity index (χ1v) is 7.52. The molecule has 0 unspecified atom stereocenters. The second-order valence-corrected chi connectivity index (χ2v) is 5.98. The largest absolute Gasteiger partial charge is 0.465 e. The lowest BCUT2D eigenvalue weighted by Crippen LogP contribution is -2.33. The van der Waals surface area contributed by atoms with Crippen molar-refractivity contribution in [2.75, 3.05) is 6.54 Å². The Morgan fingerprint density at radius 3 is 3.05 bits per heavy atom. The zero-order valence-electron chi connectivity index (χ0n) is 13.0. The maximum Gasteiger partial charge on any atom is 0.147 e. The number of fused-ring (bicyclic) bond motifs is 1. The van der Waals surface area contributed by atoms with Crippen LogP contribution in [-0.4, -0.2) is 32.3 Å². The van der Waals surface area contributed by atoms with Gasteiger partial charge in [-0.1, -0.05) is 13.8 Å². The van der Waals surface area contributed by atoms with Crippen molar-refractivity contribution in [3.05, 3.63) is 35.3 Å². The van der Waals surface area contributed by atoms with E-state index in [2.05, 4.69) is 44.9 Å². The highest BCUT2D eigenvalue weighted by molar-refractivity contribution is 5.21. The van der Waals surface area contributed by atoms with Crippen molar-refractivity contribution in [3.63, 3.8) is 0 Å². The molecule has 2 aromatic heterocycles. The summed E-state index contributed by atoms with van der Waals surface area (Å²) in [5, 5.41) is 11.5. The Morgan fingerprint density at radius 1 is 1.38 bits per heavy atom. The third-order valence-electron chi connectivity index (χ3n) is 3.87. The highest BCUT2D eigenvalue weighted by Crippen LogP contribution is 2.19. The van der Waals surface area contributed by atoms with Gasteiger partial charge in [0.1, 0.15) is 23.7 Å². The number of hydrogen-bond acceptors (Lipinski definition) is 5. The van der Waals surface area contributed by atoms with Crippen molar-refractivity contribution in [2.45, 2.75) is 53.0 Å². The summed E-state index contributed by atoms with van der Waals surface area (Å²) in [5.74, 6) is 3.07. The molecule has 0 bridgehead atoms. The summed E-state index contributed by atoms with van der Waals surface area (Å²) in [6.07, 6.45) is 1.81. The Labute approximate surface area is 125 Å². The molecule has 1 aliphatic heterocycles. The highest BCUT2D eigenvalue weighted by Gasteiger charge is 2.19. The van der Waals surface area contributed by atoms with Crippen LogP contribution in [0.1, 0.15) is 36.8 Å². The predicted molar refractivity (Wildman–Crippen MR) is 79.6 cm³/mol. The summed E-state index contributed by atoms with van der Waals surface area (Å²) in [4.78, 5) is 2.39. The van der Waals surface area contributed by atoms with Crippen LogP contribution in [0, 0.1) is 6.92 Å². The van der Waals surface area contributed by atoms with Gasteiger partial charge in [-0.05, 0) is 13.0 Å². The van der Waals surface area contributed by atoms with Gasteiger partial charge in [0.05, 0.1) is 13.1 Å². The maximum atomic E-state index is 5.84. The highest BCUT2D eigenvalue weighted by atomic mass is 16.3. The van der Waals surface area contributed by atoms with Crippen molar-refractivity contribution in [3.8, 4) is 0 Å². The SMILES string of the molecule is Cc1oc(CNC(C)C)cc1CN1CCn2cnnc2C1. The minimum atomic E-state index is 0.465. The molecule has 0 spiro atoms. The number of rotatable bonds is 5. The molecule has 21 heavy (non-hydrogen) atoms. The van der Waals surface area contributed by atoms with Crippen LogP contribution in [0.2, 0.25) is 0 Å². The fourth-order valence-corrected chi connectivity index (χ4v) is 2.63. The maximum absolute atomic E-state index is 5.84. The molecule has 0 atom stereocenters. The number of aromatic nitrogens is 3. The molecule has 0 aliphatic carbocycles. The van der Waals surface area contributed by atoms with Gasteiger partial charge in [-0.25, -0.2) is 0 Å². The molecule has 6 heteroatoms. The smallest absolute Gasteiger partial charge is 0.147 e. The van der Waals surface area contributed by atoms with Gasteiger partial charge in [0.25, 0.3) is 0 Å². The Hall–Kier alpha value is -1.66. The molecule has 3 rings (SSSR count). The third kappa shape index (κ3) is 3.33. The first kappa shape index (κ1) is 14.3. The molecule has 114 valence electrons. The molecule has 0 amide bonds. The van der Waals surface area contributed by atoms with E-state index in [4.69, 9.17) is 4.42 Å². The topological polar surface area (TPSA) is 59.1 Å². The Kier molecular flexibility index (Phi) is 4.07. The van der Waals surface area contributed by atoms with E-state index in [1.807, 2.05) is 13.3 Å². The molecule has 0 aromatic carbocycles. The summed E-state index contributed by atoms with van der Waals surface area (Å²) in [6, 6.07) is 2.64. The monoisotopic (exact) mass is 289 g/mol. The minimum Gasteiger partial charge on any atom is -0.465 e.